The number of nitrogens with zero attached hydrogens (tertiary/aromatic N) is 4. The van der Waals surface area contributed by atoms with E-state index in [-0.39, 0.29) is 17.9 Å². The van der Waals surface area contributed by atoms with Gasteiger partial charge in [-0.3, -0.25) is 14.3 Å². The van der Waals surface area contributed by atoms with Crippen LogP contribution in [0.1, 0.15) is 48.3 Å². The lowest BCUT2D eigenvalue weighted by Gasteiger charge is -2.35. The van der Waals surface area contributed by atoms with Crippen molar-refractivity contribution < 1.29 is 32.2 Å². The molecule has 2 atom stereocenters. The molecular weight excluding hydrogens is 453 g/mol. The number of alkyl halides is 3. The lowest BCUT2D eigenvalue weighted by Crippen LogP contribution is -2.44. The van der Waals surface area contributed by atoms with Crippen molar-refractivity contribution in [2.24, 2.45) is 10.9 Å². The van der Waals surface area contributed by atoms with Gasteiger partial charge in [-0.25, -0.2) is 4.99 Å². The van der Waals surface area contributed by atoms with Gasteiger partial charge in [0.2, 0.25) is 5.91 Å². The molecule has 2 amide bonds. The Hall–Kier alpha value is -2.79. The maximum atomic E-state index is 13.4. The minimum absolute atomic E-state index is 0.00804. The second-order valence-corrected chi connectivity index (χ2v) is 9.07. The van der Waals surface area contributed by atoms with Gasteiger partial charge in [0, 0.05) is 25.3 Å². The molecule has 0 N–H and O–H groups in total. The molecule has 0 bridgehead atoms. The number of hydrogen-bond donors (Lipinski definition) is 0. The summed E-state index contributed by atoms with van der Waals surface area (Å²) in [4.78, 5) is 31.9. The summed E-state index contributed by atoms with van der Waals surface area (Å²) in [6.07, 6.45) is 1.74. The lowest BCUT2D eigenvalue weighted by atomic mass is 9.84. The molecule has 0 aromatic carbocycles. The van der Waals surface area contributed by atoms with Crippen molar-refractivity contribution in [2.45, 2.75) is 44.5 Å². The zero-order chi connectivity index (χ0) is 24.0. The van der Waals surface area contributed by atoms with Gasteiger partial charge >= 0.3 is 6.18 Å². The predicted octanol–water partition coefficient (Wildman–Crippen LogP) is 2.97. The average molecular weight is 478 g/mol. The Morgan fingerprint density at radius 3 is 2.71 bits per heavy atom. The molecule has 1 unspecified atom stereocenters. The van der Waals surface area contributed by atoms with Gasteiger partial charge in [0.25, 0.3) is 5.91 Å². The Balaban J connectivity index is 1.35. The number of rotatable bonds is 4. The molecule has 8 nitrogen and oxygen atoms in total. The molecule has 2 fully saturated rings. The molecule has 4 heterocycles. The van der Waals surface area contributed by atoms with E-state index in [9.17, 15) is 22.8 Å². The van der Waals surface area contributed by atoms with Gasteiger partial charge in [-0.2, -0.15) is 18.3 Å². The Morgan fingerprint density at radius 1 is 1.26 bits per heavy atom. The number of amides is 2. The van der Waals surface area contributed by atoms with Gasteiger partial charge < -0.3 is 14.4 Å². The number of carbonyl (C=O) groups excluding carboxylic acids is 2. The summed E-state index contributed by atoms with van der Waals surface area (Å²) in [6.45, 7) is 2.33. The van der Waals surface area contributed by atoms with Crippen molar-refractivity contribution in [3.63, 3.8) is 0 Å². The number of carbonyl (C=O) groups is 2. The smallest absolute Gasteiger partial charge is 0.379 e. The third-order valence-corrected chi connectivity index (χ3v) is 6.72. The molecule has 34 heavy (non-hydrogen) atoms. The summed E-state index contributed by atoms with van der Waals surface area (Å²) in [6, 6.07) is 0.00804. The summed E-state index contributed by atoms with van der Waals surface area (Å²) >= 11 is 0. The van der Waals surface area contributed by atoms with E-state index < -0.39 is 24.8 Å². The highest BCUT2D eigenvalue weighted by molar-refractivity contribution is 6.36. The molecule has 182 valence electrons. The molecule has 0 spiro atoms. The first-order valence-corrected chi connectivity index (χ1v) is 11.4. The molecule has 11 heteroatoms. The van der Waals surface area contributed by atoms with Gasteiger partial charge in [0.15, 0.2) is 0 Å². The van der Waals surface area contributed by atoms with E-state index in [4.69, 9.17) is 9.47 Å². The second-order valence-electron chi connectivity index (χ2n) is 9.07. The first kappa shape index (κ1) is 23.0. The lowest BCUT2D eigenvalue weighted by molar-refractivity contribution is -0.189. The molecule has 0 radical (unpaired) electrons. The van der Waals surface area contributed by atoms with Crippen molar-refractivity contribution in [1.29, 1.82) is 0 Å². The Kier molecular flexibility index (Phi) is 5.93. The molecule has 5 rings (SSSR count). The number of ether oxygens (including phenoxy) is 2. The van der Waals surface area contributed by atoms with E-state index in [1.165, 1.54) is 6.20 Å². The largest absolute Gasteiger partial charge is 0.411 e. The van der Waals surface area contributed by atoms with Crippen molar-refractivity contribution in [2.75, 3.05) is 32.9 Å². The fourth-order valence-corrected chi connectivity index (χ4v) is 4.93. The van der Waals surface area contributed by atoms with Crippen molar-refractivity contribution in [1.82, 2.24) is 14.7 Å². The predicted molar refractivity (Wildman–Crippen MR) is 115 cm³/mol. The van der Waals surface area contributed by atoms with Gasteiger partial charge in [0.05, 0.1) is 47.8 Å². The van der Waals surface area contributed by atoms with Crippen LogP contribution in [0.3, 0.4) is 0 Å². The van der Waals surface area contributed by atoms with E-state index in [1.54, 1.807) is 15.7 Å². The first-order valence-electron chi connectivity index (χ1n) is 11.4. The molecule has 3 aliphatic heterocycles. The van der Waals surface area contributed by atoms with Gasteiger partial charge in [-0.1, -0.05) is 11.6 Å². The van der Waals surface area contributed by atoms with Crippen molar-refractivity contribution >= 4 is 23.1 Å². The van der Waals surface area contributed by atoms with Crippen molar-refractivity contribution in [3.05, 3.63) is 35.2 Å². The zero-order valence-electron chi connectivity index (χ0n) is 18.7. The van der Waals surface area contributed by atoms with E-state index in [0.29, 0.717) is 61.7 Å². The number of halogens is 3. The van der Waals surface area contributed by atoms with Crippen LogP contribution in [0, 0.1) is 5.92 Å². The third kappa shape index (κ3) is 4.34. The van der Waals surface area contributed by atoms with Crippen LogP contribution in [0.2, 0.25) is 0 Å². The van der Waals surface area contributed by atoms with Crippen LogP contribution in [0.5, 0.6) is 0 Å². The summed E-state index contributed by atoms with van der Waals surface area (Å²) in [7, 11) is 0. The van der Waals surface area contributed by atoms with E-state index in [2.05, 4.69) is 10.1 Å². The third-order valence-electron chi connectivity index (χ3n) is 6.72. The number of allylic oxidation sites excluding steroid dienone is 2. The van der Waals surface area contributed by atoms with Crippen LogP contribution in [0.25, 0.3) is 5.57 Å². The molecule has 0 saturated carbocycles. The molecular formula is C23H25F3N4O4. The maximum Gasteiger partial charge on any atom is 0.411 e. The number of aromatic nitrogens is 2. The highest BCUT2D eigenvalue weighted by Crippen LogP contribution is 2.37. The SMILES string of the molecule is CC1=CC2=NC(=O)c3cnn([C@H]4CCOC4)c3C2=CC1C(=O)N1CCC(OCC(F)(F)F)CC1. The number of hydrogen-bond acceptors (Lipinski definition) is 5. The number of likely N-dealkylation sites (tertiary alicyclic amines) is 1. The van der Waals surface area contributed by atoms with Crippen LogP contribution in [0.4, 0.5) is 13.2 Å². The fraction of sp³-hybridized carbons (Fsp3) is 0.565. The van der Waals surface area contributed by atoms with Gasteiger partial charge in [-0.05, 0) is 32.3 Å². The van der Waals surface area contributed by atoms with Crippen LogP contribution in [-0.2, 0) is 14.3 Å². The van der Waals surface area contributed by atoms with Crippen LogP contribution in [0.15, 0.2) is 28.9 Å². The summed E-state index contributed by atoms with van der Waals surface area (Å²) in [5.74, 6) is -1.03. The van der Waals surface area contributed by atoms with E-state index >= 15 is 0 Å². The zero-order valence-corrected chi connectivity index (χ0v) is 18.7. The minimum Gasteiger partial charge on any atom is -0.379 e. The van der Waals surface area contributed by atoms with Gasteiger partial charge in [-0.15, -0.1) is 0 Å². The Bertz CT molecular complexity index is 1090. The fourth-order valence-electron chi connectivity index (χ4n) is 4.93. The Morgan fingerprint density at radius 2 is 2.03 bits per heavy atom. The normalized spacial score (nSPS) is 25.5. The first-order chi connectivity index (χ1) is 16.2. The van der Waals surface area contributed by atoms with E-state index in [0.717, 1.165) is 12.0 Å². The summed E-state index contributed by atoms with van der Waals surface area (Å²) in [5, 5.41) is 4.43. The molecule has 1 aromatic heterocycles. The molecule has 2 saturated heterocycles. The standard InChI is InChI=1S/C23H25F3N4O4/c1-13-8-19-17(20-18(21(31)28-19)10-27-30(20)14-4-7-33-11-14)9-16(13)22(32)29-5-2-15(3-6-29)34-12-23(24,25)26/h8-10,14-16H,2-7,11-12H2,1H3/t14-,16?/m0/s1. The van der Waals surface area contributed by atoms with Crippen LogP contribution < -0.4 is 0 Å². The number of aliphatic imine (C=N–C) groups is 1. The Labute approximate surface area is 194 Å². The summed E-state index contributed by atoms with van der Waals surface area (Å²) in [5.41, 5.74) is 3.04. The quantitative estimate of drug-likeness (QED) is 0.664. The maximum absolute atomic E-state index is 13.4. The minimum atomic E-state index is -4.36. The highest BCUT2D eigenvalue weighted by atomic mass is 19.4. The highest BCUT2D eigenvalue weighted by Gasteiger charge is 2.37. The van der Waals surface area contributed by atoms with Crippen LogP contribution >= 0.6 is 0 Å². The average Bonchev–Trinajstić information content (AvgIpc) is 3.47. The monoisotopic (exact) mass is 478 g/mol. The second kappa shape index (κ2) is 8.77. The van der Waals surface area contributed by atoms with Crippen molar-refractivity contribution in [3.8, 4) is 0 Å². The number of fused-ring (bicyclic) bond motifs is 3. The topological polar surface area (TPSA) is 86.0 Å². The molecule has 1 aromatic rings. The van der Waals surface area contributed by atoms with Crippen LogP contribution in [-0.4, -0.2) is 77.4 Å². The van der Waals surface area contributed by atoms with Gasteiger partial charge in [0.1, 0.15) is 6.61 Å². The number of piperidine rings is 1. The molecule has 4 aliphatic rings. The molecule has 1 aliphatic carbocycles. The summed E-state index contributed by atoms with van der Waals surface area (Å²) < 4.78 is 49.5. The van der Waals surface area contributed by atoms with E-state index in [1.807, 2.05) is 13.0 Å².